The third kappa shape index (κ3) is 4.35. The van der Waals surface area contributed by atoms with E-state index in [0.717, 1.165) is 49.8 Å². The van der Waals surface area contributed by atoms with Crippen LogP contribution in [-0.4, -0.2) is 17.9 Å². The van der Waals surface area contributed by atoms with Crippen molar-refractivity contribution in [3.63, 3.8) is 0 Å². The molecule has 2 amide bonds. The first kappa shape index (κ1) is 17.0. The van der Waals surface area contributed by atoms with Gasteiger partial charge in [-0.05, 0) is 49.3 Å². The molecule has 5 heteroatoms. The van der Waals surface area contributed by atoms with Crippen LogP contribution in [0.2, 0.25) is 0 Å². The fraction of sp³-hybridized carbons (Fsp3) is 0.579. The predicted octanol–water partition coefficient (Wildman–Crippen LogP) is 2.56. The second-order valence-corrected chi connectivity index (χ2v) is 7.15. The Labute approximate surface area is 143 Å². The van der Waals surface area contributed by atoms with Gasteiger partial charge in [0, 0.05) is 30.6 Å². The van der Waals surface area contributed by atoms with Crippen LogP contribution in [-0.2, 0) is 16.1 Å². The monoisotopic (exact) mass is 329 g/mol. The van der Waals surface area contributed by atoms with Crippen molar-refractivity contribution < 1.29 is 9.59 Å². The van der Waals surface area contributed by atoms with Gasteiger partial charge in [-0.15, -0.1) is 0 Å². The molecule has 24 heavy (non-hydrogen) atoms. The van der Waals surface area contributed by atoms with Gasteiger partial charge in [0.05, 0.1) is 0 Å². The van der Waals surface area contributed by atoms with Gasteiger partial charge in [-0.25, -0.2) is 0 Å². The number of anilines is 1. The van der Waals surface area contributed by atoms with E-state index in [1.54, 1.807) is 0 Å². The van der Waals surface area contributed by atoms with Gasteiger partial charge in [0.25, 0.3) is 0 Å². The molecule has 0 aromatic heterocycles. The van der Waals surface area contributed by atoms with Crippen LogP contribution in [0.5, 0.6) is 0 Å². The van der Waals surface area contributed by atoms with Crippen molar-refractivity contribution in [2.75, 3.05) is 5.32 Å². The Bertz CT molecular complexity index is 598. The summed E-state index contributed by atoms with van der Waals surface area (Å²) in [6.45, 7) is 0.480. The molecule has 2 fully saturated rings. The molecule has 1 aromatic carbocycles. The van der Waals surface area contributed by atoms with Crippen molar-refractivity contribution in [1.29, 1.82) is 0 Å². The Hall–Kier alpha value is -1.88. The number of carbonyl (C=O) groups is 2. The highest BCUT2D eigenvalue weighted by Crippen LogP contribution is 2.28. The standard InChI is InChI=1S/C19H27N3O2/c20-17-9-3-7-15(17)11-18(23)21-12-13-4-1-8-16(10-13)22-19(24)14-5-2-6-14/h1,4,8,10,14-15,17H,2-3,5-7,9,11-12,20H2,(H,21,23)(H,22,24)/t15-,17+/m0/s1. The molecular formula is C19H27N3O2. The molecule has 0 saturated heterocycles. The maximum absolute atomic E-state index is 12.1. The van der Waals surface area contributed by atoms with Crippen molar-refractivity contribution >= 4 is 17.5 Å². The van der Waals surface area contributed by atoms with Gasteiger partial charge in [-0.1, -0.05) is 25.0 Å². The smallest absolute Gasteiger partial charge is 0.227 e. The molecule has 4 N–H and O–H groups in total. The lowest BCUT2D eigenvalue weighted by Crippen LogP contribution is -2.31. The number of benzene rings is 1. The second kappa shape index (κ2) is 7.79. The maximum Gasteiger partial charge on any atom is 0.227 e. The average molecular weight is 329 g/mol. The predicted molar refractivity (Wildman–Crippen MR) is 94.2 cm³/mol. The summed E-state index contributed by atoms with van der Waals surface area (Å²) >= 11 is 0. The van der Waals surface area contributed by atoms with E-state index in [1.807, 2.05) is 24.3 Å². The number of hydrogen-bond acceptors (Lipinski definition) is 3. The number of nitrogens with two attached hydrogens (primary N) is 1. The van der Waals surface area contributed by atoms with Crippen molar-refractivity contribution in [2.24, 2.45) is 17.6 Å². The van der Waals surface area contributed by atoms with E-state index >= 15 is 0 Å². The van der Waals surface area contributed by atoms with Crippen LogP contribution in [0.25, 0.3) is 0 Å². The van der Waals surface area contributed by atoms with E-state index in [2.05, 4.69) is 10.6 Å². The summed E-state index contributed by atoms with van der Waals surface area (Å²) < 4.78 is 0. The first-order valence-corrected chi connectivity index (χ1v) is 9.04. The summed E-state index contributed by atoms with van der Waals surface area (Å²) in [5.41, 5.74) is 7.81. The van der Waals surface area contributed by atoms with E-state index < -0.39 is 0 Å². The van der Waals surface area contributed by atoms with Crippen molar-refractivity contribution in [3.05, 3.63) is 29.8 Å². The van der Waals surface area contributed by atoms with Gasteiger partial charge >= 0.3 is 0 Å². The number of amides is 2. The molecule has 5 nitrogen and oxygen atoms in total. The first-order valence-electron chi connectivity index (χ1n) is 9.04. The number of hydrogen-bond donors (Lipinski definition) is 3. The first-order chi connectivity index (χ1) is 11.6. The Morgan fingerprint density at radius 3 is 2.58 bits per heavy atom. The third-order valence-corrected chi connectivity index (χ3v) is 5.33. The zero-order chi connectivity index (χ0) is 16.9. The van der Waals surface area contributed by atoms with Gasteiger partial charge in [-0.2, -0.15) is 0 Å². The van der Waals surface area contributed by atoms with Crippen LogP contribution in [0.1, 0.15) is 50.5 Å². The van der Waals surface area contributed by atoms with E-state index in [4.69, 9.17) is 5.73 Å². The minimum Gasteiger partial charge on any atom is -0.352 e. The lowest BCUT2D eigenvalue weighted by atomic mass is 9.85. The average Bonchev–Trinajstić information content (AvgIpc) is 2.89. The van der Waals surface area contributed by atoms with E-state index in [1.165, 1.54) is 0 Å². The molecule has 0 radical (unpaired) electrons. The Kier molecular flexibility index (Phi) is 5.51. The quantitative estimate of drug-likeness (QED) is 0.750. The number of rotatable bonds is 6. The molecule has 0 spiro atoms. The number of nitrogens with one attached hydrogen (secondary N) is 2. The van der Waals surface area contributed by atoms with Crippen LogP contribution < -0.4 is 16.4 Å². The maximum atomic E-state index is 12.1. The molecule has 0 bridgehead atoms. The normalized spacial score (nSPS) is 23.5. The highest BCUT2D eigenvalue weighted by molar-refractivity contribution is 5.93. The van der Waals surface area contributed by atoms with Gasteiger partial charge in [0.15, 0.2) is 0 Å². The Morgan fingerprint density at radius 1 is 1.12 bits per heavy atom. The molecule has 0 heterocycles. The molecular weight excluding hydrogens is 302 g/mol. The Balaban J connectivity index is 1.47. The molecule has 2 aliphatic carbocycles. The third-order valence-electron chi connectivity index (χ3n) is 5.33. The molecule has 2 saturated carbocycles. The summed E-state index contributed by atoms with van der Waals surface area (Å²) in [4.78, 5) is 24.1. The van der Waals surface area contributed by atoms with Crippen molar-refractivity contribution in [1.82, 2.24) is 5.32 Å². The van der Waals surface area contributed by atoms with Crippen LogP contribution in [0.15, 0.2) is 24.3 Å². The second-order valence-electron chi connectivity index (χ2n) is 7.15. The minimum absolute atomic E-state index is 0.0567. The summed E-state index contributed by atoms with van der Waals surface area (Å²) in [6, 6.07) is 7.85. The Morgan fingerprint density at radius 2 is 1.92 bits per heavy atom. The van der Waals surface area contributed by atoms with Crippen LogP contribution in [0, 0.1) is 11.8 Å². The van der Waals surface area contributed by atoms with Gasteiger partial charge < -0.3 is 16.4 Å². The molecule has 0 aliphatic heterocycles. The molecule has 130 valence electrons. The molecule has 0 unspecified atom stereocenters. The highest BCUT2D eigenvalue weighted by Gasteiger charge is 2.26. The van der Waals surface area contributed by atoms with Crippen molar-refractivity contribution in [3.8, 4) is 0 Å². The van der Waals surface area contributed by atoms with E-state index in [-0.39, 0.29) is 23.8 Å². The van der Waals surface area contributed by atoms with E-state index in [9.17, 15) is 9.59 Å². The van der Waals surface area contributed by atoms with Crippen LogP contribution >= 0.6 is 0 Å². The number of carbonyl (C=O) groups excluding carboxylic acids is 2. The fourth-order valence-corrected chi connectivity index (χ4v) is 3.50. The molecule has 3 rings (SSSR count). The van der Waals surface area contributed by atoms with Gasteiger partial charge in [-0.3, -0.25) is 9.59 Å². The highest BCUT2D eigenvalue weighted by atomic mass is 16.2. The van der Waals surface area contributed by atoms with Gasteiger partial charge in [0.2, 0.25) is 11.8 Å². The van der Waals surface area contributed by atoms with Crippen molar-refractivity contribution in [2.45, 2.75) is 57.5 Å². The summed E-state index contributed by atoms with van der Waals surface area (Å²) in [7, 11) is 0. The summed E-state index contributed by atoms with van der Waals surface area (Å²) in [5.74, 6) is 0.654. The molecule has 1 aromatic rings. The van der Waals surface area contributed by atoms with Crippen LogP contribution in [0.3, 0.4) is 0 Å². The van der Waals surface area contributed by atoms with E-state index in [0.29, 0.717) is 18.9 Å². The topological polar surface area (TPSA) is 84.2 Å². The molecule has 2 atom stereocenters. The summed E-state index contributed by atoms with van der Waals surface area (Å²) in [5, 5.41) is 5.93. The zero-order valence-electron chi connectivity index (χ0n) is 14.1. The zero-order valence-corrected chi connectivity index (χ0v) is 14.1. The van der Waals surface area contributed by atoms with Crippen LogP contribution in [0.4, 0.5) is 5.69 Å². The summed E-state index contributed by atoms with van der Waals surface area (Å²) in [6.07, 6.45) is 6.85. The lowest BCUT2D eigenvalue weighted by molar-refractivity contribution is -0.123. The minimum atomic E-state index is 0.0567. The van der Waals surface area contributed by atoms with Gasteiger partial charge in [0.1, 0.15) is 0 Å². The fourth-order valence-electron chi connectivity index (χ4n) is 3.50. The lowest BCUT2D eigenvalue weighted by Gasteiger charge is -2.24. The molecule has 2 aliphatic rings. The SMILES string of the molecule is N[C@@H]1CCC[C@H]1CC(=O)NCc1cccc(NC(=O)C2CCC2)c1. The largest absolute Gasteiger partial charge is 0.352 e.